The summed E-state index contributed by atoms with van der Waals surface area (Å²) in [5, 5.41) is 2.82. The Labute approximate surface area is 96.6 Å². The number of aromatic nitrogens is 1. The molecule has 1 aromatic rings. The second kappa shape index (κ2) is 4.47. The molecule has 0 spiro atoms. The molecule has 0 fully saturated rings. The van der Waals surface area contributed by atoms with Crippen molar-refractivity contribution >= 4 is 17.8 Å². The van der Waals surface area contributed by atoms with Gasteiger partial charge < -0.3 is 5.32 Å². The third-order valence-corrected chi connectivity index (χ3v) is 2.33. The number of nitrogens with one attached hydrogen (secondary N) is 1. The molecule has 0 saturated heterocycles. The van der Waals surface area contributed by atoms with Gasteiger partial charge in [0.05, 0.1) is 0 Å². The monoisotopic (exact) mass is 218 g/mol. The number of carbonyl (C=O) groups is 1. The van der Waals surface area contributed by atoms with E-state index in [1.165, 1.54) is 0 Å². The summed E-state index contributed by atoms with van der Waals surface area (Å²) < 4.78 is 0. The van der Waals surface area contributed by atoms with E-state index in [-0.39, 0.29) is 5.91 Å². The van der Waals surface area contributed by atoms with Gasteiger partial charge in [-0.25, -0.2) is 4.98 Å². The third-order valence-electron chi connectivity index (χ3n) is 2.33. The maximum Gasteiger partial charge on any atom is 0.230 e. The highest BCUT2D eigenvalue weighted by atomic mass is 16.2. The molecule has 0 saturated carbocycles. The molecule has 1 heterocycles. The van der Waals surface area contributed by atoms with Crippen LogP contribution in [0.1, 0.15) is 31.9 Å². The Morgan fingerprint density at radius 2 is 2.12 bits per heavy atom. The van der Waals surface area contributed by atoms with Crippen LogP contribution in [0.4, 0.5) is 5.82 Å². The molecule has 0 aliphatic carbocycles. The summed E-state index contributed by atoms with van der Waals surface area (Å²) in [4.78, 5) is 16.0. The molecule has 1 rings (SSSR count). The first-order chi connectivity index (χ1) is 7.36. The van der Waals surface area contributed by atoms with Crippen LogP contribution in [-0.2, 0) is 4.79 Å². The van der Waals surface area contributed by atoms with E-state index in [4.69, 9.17) is 0 Å². The Balaban J connectivity index is 3.03. The first kappa shape index (κ1) is 12.4. The number of nitrogens with zero attached hydrogens (tertiary/aromatic N) is 1. The van der Waals surface area contributed by atoms with Crippen molar-refractivity contribution in [1.82, 2.24) is 4.98 Å². The van der Waals surface area contributed by atoms with Crippen molar-refractivity contribution in [2.45, 2.75) is 27.7 Å². The molecule has 1 aromatic heterocycles. The number of hydrogen-bond acceptors (Lipinski definition) is 2. The average molecular weight is 218 g/mol. The second-order valence-electron chi connectivity index (χ2n) is 4.80. The van der Waals surface area contributed by atoms with E-state index in [1.807, 2.05) is 33.8 Å². The Morgan fingerprint density at radius 1 is 1.50 bits per heavy atom. The zero-order chi connectivity index (χ0) is 12.3. The van der Waals surface area contributed by atoms with Crippen molar-refractivity contribution in [2.24, 2.45) is 5.41 Å². The van der Waals surface area contributed by atoms with E-state index >= 15 is 0 Å². The van der Waals surface area contributed by atoms with Crippen molar-refractivity contribution < 1.29 is 4.79 Å². The first-order valence-corrected chi connectivity index (χ1v) is 5.25. The highest BCUT2D eigenvalue weighted by molar-refractivity contribution is 5.95. The van der Waals surface area contributed by atoms with Gasteiger partial charge in [0.15, 0.2) is 0 Å². The Hall–Kier alpha value is -1.64. The summed E-state index contributed by atoms with van der Waals surface area (Å²) in [6.45, 7) is 11.3. The summed E-state index contributed by atoms with van der Waals surface area (Å²) in [5.41, 5.74) is 1.50. The Kier molecular flexibility index (Phi) is 3.48. The van der Waals surface area contributed by atoms with E-state index in [1.54, 1.807) is 12.3 Å². The van der Waals surface area contributed by atoms with Crippen molar-refractivity contribution in [3.8, 4) is 0 Å². The fourth-order valence-corrected chi connectivity index (χ4v) is 1.22. The highest BCUT2D eigenvalue weighted by Crippen LogP contribution is 2.21. The van der Waals surface area contributed by atoms with Crippen LogP contribution in [0, 0.1) is 12.3 Å². The fourth-order valence-electron chi connectivity index (χ4n) is 1.22. The summed E-state index contributed by atoms with van der Waals surface area (Å²) in [5.74, 6) is 0.531. The largest absolute Gasteiger partial charge is 0.310 e. The molecule has 1 N–H and O–H groups in total. The number of carbonyl (C=O) groups excluding carboxylic acids is 1. The van der Waals surface area contributed by atoms with E-state index in [0.717, 1.165) is 11.1 Å². The standard InChI is InChI=1S/C13H18N2O/c1-6-10-9(2)7-8-14-11(10)15-12(16)13(3,4)5/h6-8H,1H2,2-5H3,(H,14,15,16). The maximum absolute atomic E-state index is 11.8. The summed E-state index contributed by atoms with van der Waals surface area (Å²) in [7, 11) is 0. The van der Waals surface area contributed by atoms with E-state index in [0.29, 0.717) is 5.82 Å². The molecule has 1 amide bonds. The van der Waals surface area contributed by atoms with Gasteiger partial charge in [-0.1, -0.05) is 33.4 Å². The van der Waals surface area contributed by atoms with Gasteiger partial charge in [-0.2, -0.15) is 0 Å². The van der Waals surface area contributed by atoms with Gasteiger partial charge >= 0.3 is 0 Å². The minimum absolute atomic E-state index is 0.0475. The summed E-state index contributed by atoms with van der Waals surface area (Å²) in [6, 6.07) is 1.89. The minimum atomic E-state index is -0.427. The second-order valence-corrected chi connectivity index (χ2v) is 4.80. The van der Waals surface area contributed by atoms with Crippen LogP contribution in [-0.4, -0.2) is 10.9 Å². The predicted octanol–water partition coefficient (Wildman–Crippen LogP) is 3.02. The van der Waals surface area contributed by atoms with Gasteiger partial charge in [0.1, 0.15) is 5.82 Å². The smallest absolute Gasteiger partial charge is 0.230 e. The van der Waals surface area contributed by atoms with Gasteiger partial charge in [-0.15, -0.1) is 0 Å². The Bertz CT molecular complexity index is 416. The topological polar surface area (TPSA) is 42.0 Å². The molecule has 0 atom stereocenters. The molecule has 3 heteroatoms. The van der Waals surface area contributed by atoms with Crippen LogP contribution in [0.2, 0.25) is 0 Å². The van der Waals surface area contributed by atoms with Gasteiger partial charge in [0.2, 0.25) is 5.91 Å². The van der Waals surface area contributed by atoms with E-state index in [2.05, 4.69) is 16.9 Å². The lowest BCUT2D eigenvalue weighted by molar-refractivity contribution is -0.123. The first-order valence-electron chi connectivity index (χ1n) is 5.25. The number of pyridine rings is 1. The molecule has 0 aromatic carbocycles. The zero-order valence-electron chi connectivity index (χ0n) is 10.3. The molecule has 0 radical (unpaired) electrons. The van der Waals surface area contributed by atoms with Gasteiger partial charge in [0.25, 0.3) is 0 Å². The molecule has 0 unspecified atom stereocenters. The van der Waals surface area contributed by atoms with Gasteiger partial charge in [-0.3, -0.25) is 4.79 Å². The average Bonchev–Trinajstić information content (AvgIpc) is 2.16. The lowest BCUT2D eigenvalue weighted by Crippen LogP contribution is -2.28. The van der Waals surface area contributed by atoms with Crippen LogP contribution >= 0.6 is 0 Å². The number of anilines is 1. The molecular formula is C13H18N2O. The SMILES string of the molecule is C=Cc1c(C)ccnc1NC(=O)C(C)(C)C. The molecule has 0 aliphatic heterocycles. The molecule has 0 aliphatic rings. The van der Waals surface area contributed by atoms with Gasteiger partial charge in [-0.05, 0) is 18.6 Å². The zero-order valence-corrected chi connectivity index (χ0v) is 10.3. The Morgan fingerprint density at radius 3 is 2.62 bits per heavy atom. The van der Waals surface area contributed by atoms with Crippen LogP contribution < -0.4 is 5.32 Å². The molecule has 3 nitrogen and oxygen atoms in total. The van der Waals surface area contributed by atoms with Gasteiger partial charge in [0, 0.05) is 17.2 Å². The van der Waals surface area contributed by atoms with Crippen LogP contribution in [0.3, 0.4) is 0 Å². The van der Waals surface area contributed by atoms with Crippen LogP contribution in [0.5, 0.6) is 0 Å². The lowest BCUT2D eigenvalue weighted by atomic mass is 9.95. The van der Waals surface area contributed by atoms with E-state index < -0.39 is 5.41 Å². The highest BCUT2D eigenvalue weighted by Gasteiger charge is 2.22. The summed E-state index contributed by atoms with van der Waals surface area (Å²) in [6.07, 6.45) is 3.39. The maximum atomic E-state index is 11.8. The molecular weight excluding hydrogens is 200 g/mol. The van der Waals surface area contributed by atoms with Crippen molar-refractivity contribution in [2.75, 3.05) is 5.32 Å². The normalized spacial score (nSPS) is 11.0. The minimum Gasteiger partial charge on any atom is -0.310 e. The van der Waals surface area contributed by atoms with Crippen molar-refractivity contribution in [1.29, 1.82) is 0 Å². The third kappa shape index (κ3) is 2.69. The number of rotatable bonds is 2. The van der Waals surface area contributed by atoms with E-state index in [9.17, 15) is 4.79 Å². The number of aryl methyl sites for hydroxylation is 1. The predicted molar refractivity (Wildman–Crippen MR) is 67.1 cm³/mol. The molecule has 16 heavy (non-hydrogen) atoms. The fraction of sp³-hybridized carbons (Fsp3) is 0.385. The quantitative estimate of drug-likeness (QED) is 0.829. The number of amides is 1. The van der Waals surface area contributed by atoms with Crippen molar-refractivity contribution in [3.05, 3.63) is 30.0 Å². The van der Waals surface area contributed by atoms with Crippen molar-refractivity contribution in [3.63, 3.8) is 0 Å². The molecule has 86 valence electrons. The summed E-state index contributed by atoms with van der Waals surface area (Å²) >= 11 is 0. The molecule has 0 bridgehead atoms. The number of hydrogen-bond donors (Lipinski definition) is 1. The lowest BCUT2D eigenvalue weighted by Gasteiger charge is -2.18. The van der Waals surface area contributed by atoms with Crippen LogP contribution in [0.15, 0.2) is 18.8 Å². The van der Waals surface area contributed by atoms with Crippen LogP contribution in [0.25, 0.3) is 6.08 Å².